The van der Waals surface area contributed by atoms with Gasteiger partial charge >= 0.3 is 0 Å². The molecule has 1 unspecified atom stereocenters. The molecule has 0 aromatic carbocycles. The van der Waals surface area contributed by atoms with E-state index < -0.39 is 0 Å². The van der Waals surface area contributed by atoms with Crippen molar-refractivity contribution < 1.29 is 9.59 Å². The lowest BCUT2D eigenvalue weighted by atomic mass is 10.0. The normalized spacial score (nSPS) is 20.2. The number of hydrogen-bond donors (Lipinski definition) is 0. The highest BCUT2D eigenvalue weighted by molar-refractivity contribution is 6.37. The maximum Gasteiger partial charge on any atom is 0.290 e. The minimum atomic E-state index is -0.277. The summed E-state index contributed by atoms with van der Waals surface area (Å²) in [5.41, 5.74) is 0. The summed E-state index contributed by atoms with van der Waals surface area (Å²) < 4.78 is 0. The molecule has 0 N–H and O–H groups in total. The Bertz CT molecular complexity index is 223. The third-order valence-corrected chi connectivity index (χ3v) is 2.67. The summed E-state index contributed by atoms with van der Waals surface area (Å²) in [5, 5.41) is 0. The van der Waals surface area contributed by atoms with E-state index >= 15 is 0 Å². The summed E-state index contributed by atoms with van der Waals surface area (Å²) in [7, 11) is 0. The van der Waals surface area contributed by atoms with Crippen LogP contribution >= 0.6 is 0 Å². The van der Waals surface area contributed by atoms with E-state index in [9.17, 15) is 9.59 Å². The van der Waals surface area contributed by atoms with E-state index in [1.807, 2.05) is 0 Å². The fraction of sp³-hybridized carbons (Fsp3) is 0.800. The molecule has 1 atom stereocenters. The van der Waals surface area contributed by atoms with Gasteiger partial charge in [0.2, 0.25) is 5.78 Å². The van der Waals surface area contributed by atoms with Crippen molar-refractivity contribution in [2.75, 3.05) is 6.54 Å². The van der Waals surface area contributed by atoms with Gasteiger partial charge in [0.25, 0.3) is 5.91 Å². The number of rotatable bonds is 3. The van der Waals surface area contributed by atoms with Crippen molar-refractivity contribution >= 4 is 11.7 Å². The molecule has 1 saturated heterocycles. The number of likely N-dealkylation sites (tertiary alicyclic amines) is 1. The first-order valence-corrected chi connectivity index (χ1v) is 4.91. The number of carbonyl (C=O) groups is 2. The average Bonchev–Trinajstić information content (AvgIpc) is 2.37. The quantitative estimate of drug-likeness (QED) is 0.617. The fourth-order valence-corrected chi connectivity index (χ4v) is 1.96. The molecule has 1 heterocycles. The summed E-state index contributed by atoms with van der Waals surface area (Å²) >= 11 is 0. The Hall–Kier alpha value is -0.860. The van der Waals surface area contributed by atoms with Crippen LogP contribution in [0.4, 0.5) is 0 Å². The number of carbonyl (C=O) groups excluding carboxylic acids is 2. The second-order valence-electron chi connectivity index (χ2n) is 3.89. The van der Waals surface area contributed by atoms with Crippen molar-refractivity contribution in [2.45, 2.75) is 39.7 Å². The van der Waals surface area contributed by atoms with Crippen LogP contribution in [-0.4, -0.2) is 29.2 Å². The van der Waals surface area contributed by atoms with Gasteiger partial charge in [0.15, 0.2) is 0 Å². The van der Waals surface area contributed by atoms with Crippen LogP contribution in [0.1, 0.15) is 33.6 Å². The van der Waals surface area contributed by atoms with Crippen LogP contribution in [0.5, 0.6) is 0 Å². The summed E-state index contributed by atoms with van der Waals surface area (Å²) in [5.74, 6) is -0.0699. The van der Waals surface area contributed by atoms with Crippen LogP contribution < -0.4 is 0 Å². The molecule has 1 aliphatic heterocycles. The van der Waals surface area contributed by atoms with Gasteiger partial charge in [0, 0.05) is 19.0 Å². The molecule has 0 spiro atoms. The molecule has 0 radical (unpaired) electrons. The maximum absolute atomic E-state index is 11.4. The van der Waals surface area contributed by atoms with Gasteiger partial charge in [-0.25, -0.2) is 0 Å². The number of amides is 1. The molecule has 0 saturated carbocycles. The second-order valence-corrected chi connectivity index (χ2v) is 3.89. The highest BCUT2D eigenvalue weighted by Crippen LogP contribution is 2.19. The van der Waals surface area contributed by atoms with Crippen molar-refractivity contribution in [3.8, 4) is 0 Å². The minimum Gasteiger partial charge on any atom is -0.332 e. The van der Waals surface area contributed by atoms with Crippen molar-refractivity contribution in [2.24, 2.45) is 5.92 Å². The first-order valence-electron chi connectivity index (χ1n) is 4.91. The second kappa shape index (κ2) is 3.90. The van der Waals surface area contributed by atoms with Crippen LogP contribution in [-0.2, 0) is 9.59 Å². The van der Waals surface area contributed by atoms with Crippen molar-refractivity contribution in [3.63, 3.8) is 0 Å². The molecule has 0 aromatic rings. The molecule has 3 nitrogen and oxygen atoms in total. The monoisotopic (exact) mass is 183 g/mol. The van der Waals surface area contributed by atoms with Gasteiger partial charge in [-0.15, -0.1) is 0 Å². The molecular weight excluding hydrogens is 166 g/mol. The lowest BCUT2D eigenvalue weighted by Gasteiger charge is -2.29. The number of nitrogens with zero attached hydrogens (tertiary/aromatic N) is 1. The Morgan fingerprint density at radius 2 is 2.00 bits per heavy atom. The number of ketones is 1. The Balaban J connectivity index is 2.70. The predicted molar refractivity (Wildman–Crippen MR) is 50.3 cm³/mol. The average molecular weight is 183 g/mol. The zero-order valence-corrected chi connectivity index (χ0v) is 8.54. The van der Waals surface area contributed by atoms with Gasteiger partial charge < -0.3 is 4.90 Å². The lowest BCUT2D eigenvalue weighted by molar-refractivity contribution is -0.141. The zero-order chi connectivity index (χ0) is 10.0. The number of hydrogen-bond acceptors (Lipinski definition) is 2. The Labute approximate surface area is 79.1 Å². The highest BCUT2D eigenvalue weighted by Gasteiger charge is 2.34. The van der Waals surface area contributed by atoms with Gasteiger partial charge in [-0.3, -0.25) is 9.59 Å². The fourth-order valence-electron chi connectivity index (χ4n) is 1.96. The minimum absolute atomic E-state index is 0.223. The van der Waals surface area contributed by atoms with Crippen LogP contribution in [0.15, 0.2) is 0 Å². The van der Waals surface area contributed by atoms with Crippen LogP contribution in [0.25, 0.3) is 0 Å². The molecule has 13 heavy (non-hydrogen) atoms. The Kier molecular flexibility index (Phi) is 3.07. The molecular formula is C10H17NO2. The van der Waals surface area contributed by atoms with Gasteiger partial charge in [-0.1, -0.05) is 20.8 Å². The largest absolute Gasteiger partial charge is 0.332 e. The van der Waals surface area contributed by atoms with E-state index in [2.05, 4.69) is 20.8 Å². The van der Waals surface area contributed by atoms with E-state index in [4.69, 9.17) is 0 Å². The van der Waals surface area contributed by atoms with Gasteiger partial charge in [0.1, 0.15) is 0 Å². The molecule has 1 amide bonds. The Morgan fingerprint density at radius 1 is 1.38 bits per heavy atom. The molecule has 0 bridgehead atoms. The summed E-state index contributed by atoms with van der Waals surface area (Å²) in [6.45, 7) is 6.85. The topological polar surface area (TPSA) is 37.4 Å². The van der Waals surface area contributed by atoms with E-state index in [0.717, 1.165) is 6.42 Å². The third-order valence-electron chi connectivity index (χ3n) is 2.67. The van der Waals surface area contributed by atoms with E-state index in [1.165, 1.54) is 0 Å². The van der Waals surface area contributed by atoms with Crippen molar-refractivity contribution in [3.05, 3.63) is 0 Å². The first kappa shape index (κ1) is 10.2. The maximum atomic E-state index is 11.4. The van der Waals surface area contributed by atoms with E-state index in [1.54, 1.807) is 4.90 Å². The van der Waals surface area contributed by atoms with Gasteiger partial charge in [-0.05, 0) is 12.3 Å². The van der Waals surface area contributed by atoms with Crippen molar-refractivity contribution in [1.29, 1.82) is 0 Å². The Morgan fingerprint density at radius 3 is 2.31 bits per heavy atom. The third kappa shape index (κ3) is 1.90. The predicted octanol–water partition coefficient (Wildman–Crippen LogP) is 1.22. The van der Waals surface area contributed by atoms with E-state index in [0.29, 0.717) is 18.9 Å². The lowest BCUT2D eigenvalue weighted by Crippen LogP contribution is -2.40. The summed E-state index contributed by atoms with van der Waals surface area (Å²) in [6, 6.07) is 0.235. The van der Waals surface area contributed by atoms with Gasteiger partial charge in [0.05, 0.1) is 0 Å². The molecule has 3 heteroatoms. The number of Topliss-reactive ketones (excluding diaryl/α,β-unsaturated/α-hetero) is 1. The molecule has 1 rings (SSSR count). The van der Waals surface area contributed by atoms with Crippen molar-refractivity contribution in [1.82, 2.24) is 4.90 Å². The van der Waals surface area contributed by atoms with Crippen LogP contribution in [0, 0.1) is 5.92 Å². The molecule has 1 aliphatic rings. The van der Waals surface area contributed by atoms with Gasteiger partial charge in [-0.2, -0.15) is 0 Å². The van der Waals surface area contributed by atoms with Crippen LogP contribution in [0.2, 0.25) is 0 Å². The standard InChI is InChI=1S/C10H17NO2/c1-4-8(7(2)3)11-6-5-9(12)10(11)13/h7-8H,4-6H2,1-3H3. The van der Waals surface area contributed by atoms with E-state index in [-0.39, 0.29) is 17.7 Å². The zero-order valence-electron chi connectivity index (χ0n) is 8.54. The highest BCUT2D eigenvalue weighted by atomic mass is 16.2. The smallest absolute Gasteiger partial charge is 0.290 e. The summed E-state index contributed by atoms with van der Waals surface area (Å²) in [6.07, 6.45) is 1.33. The van der Waals surface area contributed by atoms with Crippen LogP contribution in [0.3, 0.4) is 0 Å². The first-order chi connectivity index (χ1) is 6.07. The molecule has 74 valence electrons. The SMILES string of the molecule is CCC(C(C)C)N1CCC(=O)C1=O. The molecule has 0 aromatic heterocycles. The molecule has 0 aliphatic carbocycles. The summed E-state index contributed by atoms with van der Waals surface area (Å²) in [4.78, 5) is 24.2. The molecule has 1 fully saturated rings.